The molecular formula is C26H24N2O4. The molecule has 32 heavy (non-hydrogen) atoms. The summed E-state index contributed by atoms with van der Waals surface area (Å²) in [4.78, 5) is 28.1. The van der Waals surface area contributed by atoms with Crippen LogP contribution in [-0.4, -0.2) is 25.5 Å². The lowest BCUT2D eigenvalue weighted by Gasteiger charge is -2.16. The zero-order chi connectivity index (χ0) is 22.7. The minimum atomic E-state index is -0.419. The van der Waals surface area contributed by atoms with Crippen molar-refractivity contribution >= 4 is 28.8 Å². The van der Waals surface area contributed by atoms with Crippen LogP contribution in [0.3, 0.4) is 0 Å². The molecule has 3 aromatic rings. The van der Waals surface area contributed by atoms with Crippen LogP contribution in [0.25, 0.3) is 5.57 Å². The summed E-state index contributed by atoms with van der Waals surface area (Å²) in [7, 11) is 1.58. The van der Waals surface area contributed by atoms with Crippen molar-refractivity contribution in [1.82, 2.24) is 0 Å². The Labute approximate surface area is 187 Å². The fourth-order valence-electron chi connectivity index (χ4n) is 3.57. The topological polar surface area (TPSA) is 67.9 Å². The molecule has 0 atom stereocenters. The number of hydrogen-bond donors (Lipinski definition) is 1. The summed E-state index contributed by atoms with van der Waals surface area (Å²) in [6, 6.07) is 21.7. The third-order valence-electron chi connectivity index (χ3n) is 5.17. The van der Waals surface area contributed by atoms with Crippen LogP contribution < -0.4 is 19.7 Å². The molecule has 2 amide bonds. The third-order valence-corrected chi connectivity index (χ3v) is 5.17. The summed E-state index contributed by atoms with van der Waals surface area (Å²) in [5, 5.41) is 3.15. The van der Waals surface area contributed by atoms with Crippen LogP contribution in [0, 0.1) is 6.92 Å². The van der Waals surface area contributed by atoms with Crippen LogP contribution in [0.15, 0.2) is 78.5 Å². The number of ether oxygens (including phenoxy) is 2. The highest BCUT2D eigenvalue weighted by molar-refractivity contribution is 6.46. The molecule has 162 valence electrons. The van der Waals surface area contributed by atoms with E-state index in [0.717, 1.165) is 5.56 Å². The molecule has 0 aliphatic carbocycles. The van der Waals surface area contributed by atoms with Crippen LogP contribution in [0.4, 0.5) is 11.4 Å². The minimum Gasteiger partial charge on any atom is -0.497 e. The Bertz CT molecular complexity index is 1180. The van der Waals surface area contributed by atoms with Crippen molar-refractivity contribution in [1.29, 1.82) is 0 Å². The van der Waals surface area contributed by atoms with Gasteiger partial charge in [0.2, 0.25) is 0 Å². The number of carbonyl (C=O) groups is 2. The largest absolute Gasteiger partial charge is 0.497 e. The van der Waals surface area contributed by atoms with Crippen molar-refractivity contribution in [2.45, 2.75) is 13.8 Å². The number of hydrogen-bond acceptors (Lipinski definition) is 5. The molecule has 0 spiro atoms. The second kappa shape index (κ2) is 8.98. The Kier molecular flexibility index (Phi) is 5.94. The highest BCUT2D eigenvalue weighted by atomic mass is 16.5. The van der Waals surface area contributed by atoms with Gasteiger partial charge in [0.05, 0.1) is 25.0 Å². The zero-order valence-electron chi connectivity index (χ0n) is 18.2. The summed E-state index contributed by atoms with van der Waals surface area (Å²) in [6.45, 7) is 4.41. The van der Waals surface area contributed by atoms with Crippen LogP contribution in [0.1, 0.15) is 18.1 Å². The molecule has 4 rings (SSSR count). The second-order valence-electron chi connectivity index (χ2n) is 7.35. The Morgan fingerprint density at radius 2 is 1.59 bits per heavy atom. The first-order valence-corrected chi connectivity index (χ1v) is 10.4. The minimum absolute atomic E-state index is 0.223. The van der Waals surface area contributed by atoms with E-state index in [1.54, 1.807) is 37.4 Å². The Balaban J connectivity index is 1.76. The molecule has 0 bridgehead atoms. The van der Waals surface area contributed by atoms with Crippen molar-refractivity contribution < 1.29 is 19.1 Å². The van der Waals surface area contributed by atoms with E-state index in [1.807, 2.05) is 56.3 Å². The zero-order valence-corrected chi connectivity index (χ0v) is 18.2. The number of anilines is 2. The summed E-state index contributed by atoms with van der Waals surface area (Å²) in [5.74, 6) is 0.524. The highest BCUT2D eigenvalue weighted by Crippen LogP contribution is 2.35. The molecule has 3 aromatic carbocycles. The van der Waals surface area contributed by atoms with E-state index in [-0.39, 0.29) is 11.6 Å². The smallest absolute Gasteiger partial charge is 0.282 e. The summed E-state index contributed by atoms with van der Waals surface area (Å²) < 4.78 is 10.8. The molecule has 6 nitrogen and oxygen atoms in total. The van der Waals surface area contributed by atoms with E-state index in [4.69, 9.17) is 9.47 Å². The van der Waals surface area contributed by atoms with Crippen molar-refractivity contribution in [3.63, 3.8) is 0 Å². The van der Waals surface area contributed by atoms with Crippen LogP contribution in [-0.2, 0) is 9.59 Å². The van der Waals surface area contributed by atoms with Crippen LogP contribution >= 0.6 is 0 Å². The van der Waals surface area contributed by atoms with Gasteiger partial charge in [0, 0.05) is 11.8 Å². The first-order valence-electron chi connectivity index (χ1n) is 10.4. The van der Waals surface area contributed by atoms with Crippen LogP contribution in [0.2, 0.25) is 0 Å². The molecule has 1 aliphatic heterocycles. The lowest BCUT2D eigenvalue weighted by atomic mass is 10.0. The number of rotatable bonds is 7. The van der Waals surface area contributed by atoms with E-state index in [1.165, 1.54) is 4.90 Å². The normalized spacial score (nSPS) is 13.5. The Morgan fingerprint density at radius 1 is 0.875 bits per heavy atom. The SMILES string of the molecule is CCOc1ccc(N2C(=O)C(Nc3cccc(OC)c3)=C(c3ccc(C)cc3)C2=O)cc1. The third kappa shape index (κ3) is 4.07. The van der Waals surface area contributed by atoms with Crippen molar-refractivity contribution in [3.8, 4) is 11.5 Å². The summed E-state index contributed by atoms with van der Waals surface area (Å²) >= 11 is 0. The van der Waals surface area contributed by atoms with Gasteiger partial charge in [-0.3, -0.25) is 9.59 Å². The first kappa shape index (κ1) is 21.2. The van der Waals surface area contributed by atoms with E-state index in [0.29, 0.717) is 40.6 Å². The van der Waals surface area contributed by atoms with Gasteiger partial charge in [-0.05, 0) is 55.8 Å². The van der Waals surface area contributed by atoms with Gasteiger partial charge < -0.3 is 14.8 Å². The Hall–Kier alpha value is -4.06. The summed E-state index contributed by atoms with van der Waals surface area (Å²) in [6.07, 6.45) is 0. The lowest BCUT2D eigenvalue weighted by Crippen LogP contribution is -2.32. The van der Waals surface area contributed by atoms with Gasteiger partial charge >= 0.3 is 0 Å². The van der Waals surface area contributed by atoms with Gasteiger partial charge in [0.1, 0.15) is 17.2 Å². The molecule has 0 unspecified atom stereocenters. The number of nitrogens with zero attached hydrogens (tertiary/aromatic N) is 1. The highest BCUT2D eigenvalue weighted by Gasteiger charge is 2.40. The van der Waals surface area contributed by atoms with Gasteiger partial charge in [0.15, 0.2) is 0 Å². The van der Waals surface area contributed by atoms with Crippen molar-refractivity contribution in [2.24, 2.45) is 0 Å². The van der Waals surface area contributed by atoms with Crippen molar-refractivity contribution in [2.75, 3.05) is 23.9 Å². The molecular weight excluding hydrogens is 404 g/mol. The van der Waals surface area contributed by atoms with Gasteiger partial charge in [-0.2, -0.15) is 0 Å². The lowest BCUT2D eigenvalue weighted by molar-refractivity contribution is -0.120. The maximum absolute atomic E-state index is 13.5. The maximum atomic E-state index is 13.5. The average Bonchev–Trinajstić information content (AvgIpc) is 3.05. The predicted octanol–water partition coefficient (Wildman–Crippen LogP) is 4.80. The summed E-state index contributed by atoms with van der Waals surface area (Å²) in [5.41, 5.74) is 3.42. The van der Waals surface area contributed by atoms with Gasteiger partial charge in [0.25, 0.3) is 11.8 Å². The maximum Gasteiger partial charge on any atom is 0.282 e. The van der Waals surface area contributed by atoms with E-state index < -0.39 is 5.91 Å². The second-order valence-corrected chi connectivity index (χ2v) is 7.35. The first-order chi connectivity index (χ1) is 15.5. The number of carbonyl (C=O) groups excluding carboxylic acids is 2. The fraction of sp³-hybridized carbons (Fsp3) is 0.154. The average molecular weight is 428 g/mol. The van der Waals surface area contributed by atoms with Gasteiger partial charge in [-0.15, -0.1) is 0 Å². The monoisotopic (exact) mass is 428 g/mol. The van der Waals surface area contributed by atoms with E-state index in [9.17, 15) is 9.59 Å². The molecule has 0 saturated heterocycles. The molecule has 0 saturated carbocycles. The number of nitrogens with one attached hydrogen (secondary N) is 1. The number of benzene rings is 3. The molecule has 0 radical (unpaired) electrons. The molecule has 0 aromatic heterocycles. The molecule has 0 fully saturated rings. The predicted molar refractivity (Wildman–Crippen MR) is 125 cm³/mol. The standard InChI is InChI=1S/C26H24N2O4/c1-4-32-21-14-12-20(13-15-21)28-25(29)23(18-10-8-17(2)9-11-18)24(26(28)30)27-19-6-5-7-22(16-19)31-3/h5-16,27H,4H2,1-3H3. The quantitative estimate of drug-likeness (QED) is 0.548. The van der Waals surface area contributed by atoms with E-state index in [2.05, 4.69) is 5.32 Å². The van der Waals surface area contributed by atoms with Crippen molar-refractivity contribution in [3.05, 3.63) is 89.6 Å². The molecule has 1 N–H and O–H groups in total. The van der Waals surface area contributed by atoms with Gasteiger partial charge in [-0.25, -0.2) is 4.90 Å². The molecule has 1 aliphatic rings. The number of amides is 2. The van der Waals surface area contributed by atoms with Crippen LogP contribution in [0.5, 0.6) is 11.5 Å². The fourth-order valence-corrected chi connectivity index (χ4v) is 3.57. The number of methoxy groups -OCH3 is 1. The number of aryl methyl sites for hydroxylation is 1. The molecule has 6 heteroatoms. The van der Waals surface area contributed by atoms with E-state index >= 15 is 0 Å². The molecule has 1 heterocycles. The Morgan fingerprint density at radius 3 is 2.25 bits per heavy atom. The number of imide groups is 1. The van der Waals surface area contributed by atoms with Gasteiger partial charge in [-0.1, -0.05) is 35.9 Å².